The molecule has 6 heteroatoms. The molecule has 2 aromatic rings. The summed E-state index contributed by atoms with van der Waals surface area (Å²) in [6.07, 6.45) is 6.14. The van der Waals surface area contributed by atoms with Crippen molar-refractivity contribution in [2.75, 3.05) is 12.4 Å². The summed E-state index contributed by atoms with van der Waals surface area (Å²) in [4.78, 5) is 20.7. The minimum Gasteiger partial charge on any atom is -0.373 e. The zero-order valence-corrected chi connectivity index (χ0v) is 12.6. The van der Waals surface area contributed by atoms with E-state index in [9.17, 15) is 4.79 Å². The first-order valence-corrected chi connectivity index (χ1v) is 7.07. The van der Waals surface area contributed by atoms with Crippen LogP contribution in [0.4, 0.5) is 5.82 Å². The first kappa shape index (κ1) is 15.0. The molecule has 112 valence electrons. The van der Waals surface area contributed by atoms with Crippen LogP contribution >= 0.6 is 0 Å². The van der Waals surface area contributed by atoms with E-state index in [2.05, 4.69) is 20.6 Å². The summed E-state index contributed by atoms with van der Waals surface area (Å²) in [5.74, 6) is 0.623. The Bertz CT molecular complexity index is 572. The number of rotatable bonds is 6. The van der Waals surface area contributed by atoms with Gasteiger partial charge in [0.1, 0.15) is 5.82 Å². The predicted molar refractivity (Wildman–Crippen MR) is 82.3 cm³/mol. The molecule has 0 spiro atoms. The molecule has 0 fully saturated rings. The molecular weight excluding hydrogens is 266 g/mol. The van der Waals surface area contributed by atoms with Gasteiger partial charge in [-0.3, -0.25) is 4.79 Å². The molecule has 0 saturated heterocycles. The summed E-state index contributed by atoms with van der Waals surface area (Å²) in [6.45, 7) is 4.68. The van der Waals surface area contributed by atoms with Crippen molar-refractivity contribution in [2.24, 2.45) is 0 Å². The Morgan fingerprint density at radius 2 is 2.24 bits per heavy atom. The van der Waals surface area contributed by atoms with E-state index in [-0.39, 0.29) is 11.9 Å². The lowest BCUT2D eigenvalue weighted by Gasteiger charge is -2.15. The largest absolute Gasteiger partial charge is 0.373 e. The number of anilines is 1. The molecule has 6 nitrogen and oxygen atoms in total. The Kier molecular flexibility index (Phi) is 4.92. The first-order chi connectivity index (χ1) is 10.1. The Morgan fingerprint density at radius 1 is 1.43 bits per heavy atom. The van der Waals surface area contributed by atoms with Gasteiger partial charge in [0, 0.05) is 43.3 Å². The van der Waals surface area contributed by atoms with Crippen LogP contribution in [0.5, 0.6) is 0 Å². The third-order valence-electron chi connectivity index (χ3n) is 3.18. The zero-order chi connectivity index (χ0) is 15.2. The normalized spacial score (nSPS) is 12.0. The number of imidazole rings is 1. The van der Waals surface area contributed by atoms with Crippen LogP contribution in [0.1, 0.15) is 29.9 Å². The van der Waals surface area contributed by atoms with Gasteiger partial charge < -0.3 is 15.2 Å². The molecule has 0 saturated carbocycles. The molecule has 0 aromatic carbocycles. The zero-order valence-electron chi connectivity index (χ0n) is 12.6. The van der Waals surface area contributed by atoms with Gasteiger partial charge in [0.15, 0.2) is 0 Å². The highest BCUT2D eigenvalue weighted by molar-refractivity contribution is 5.95. The van der Waals surface area contributed by atoms with Gasteiger partial charge in [0.2, 0.25) is 0 Å². The molecule has 2 rings (SSSR count). The molecule has 0 aliphatic rings. The average molecular weight is 287 g/mol. The molecule has 2 heterocycles. The third kappa shape index (κ3) is 4.05. The van der Waals surface area contributed by atoms with Crippen molar-refractivity contribution in [3.63, 3.8) is 0 Å². The monoisotopic (exact) mass is 287 g/mol. The van der Waals surface area contributed by atoms with Gasteiger partial charge in [-0.25, -0.2) is 9.97 Å². The first-order valence-electron chi connectivity index (χ1n) is 7.07. The number of nitrogens with zero attached hydrogens (tertiary/aromatic N) is 3. The van der Waals surface area contributed by atoms with Gasteiger partial charge in [-0.05, 0) is 25.5 Å². The lowest BCUT2D eigenvalue weighted by atomic mass is 10.1. The van der Waals surface area contributed by atoms with E-state index < -0.39 is 0 Å². The SMILES string of the molecule is CCc1cc(C(=O)NC(C)Cn2ccnc2)cc(NC)n1. The number of hydrogen-bond acceptors (Lipinski definition) is 4. The number of carbonyl (C=O) groups excluding carboxylic acids is 1. The summed E-state index contributed by atoms with van der Waals surface area (Å²) in [7, 11) is 1.80. The number of aryl methyl sites for hydroxylation is 1. The summed E-state index contributed by atoms with van der Waals surface area (Å²) in [5, 5.41) is 5.98. The van der Waals surface area contributed by atoms with Crippen LogP contribution in [-0.4, -0.2) is 33.5 Å². The van der Waals surface area contributed by atoms with Gasteiger partial charge in [0.25, 0.3) is 5.91 Å². The molecule has 1 atom stereocenters. The number of pyridine rings is 1. The number of aromatic nitrogens is 3. The van der Waals surface area contributed by atoms with E-state index in [1.165, 1.54) is 0 Å². The van der Waals surface area contributed by atoms with Crippen molar-refractivity contribution in [3.05, 3.63) is 42.1 Å². The standard InChI is InChI=1S/C15H21N5O/c1-4-13-7-12(8-14(16-3)19-13)15(21)18-11(2)9-20-6-5-17-10-20/h5-8,10-11H,4,9H2,1-3H3,(H,16,19)(H,18,21). The van der Waals surface area contributed by atoms with Gasteiger partial charge >= 0.3 is 0 Å². The maximum atomic E-state index is 12.3. The van der Waals surface area contributed by atoms with Crippen molar-refractivity contribution in [1.29, 1.82) is 0 Å². The van der Waals surface area contributed by atoms with Crippen molar-refractivity contribution < 1.29 is 4.79 Å². The molecular formula is C15H21N5O. The van der Waals surface area contributed by atoms with Gasteiger partial charge in [-0.1, -0.05) is 6.92 Å². The third-order valence-corrected chi connectivity index (χ3v) is 3.18. The highest BCUT2D eigenvalue weighted by Gasteiger charge is 2.12. The molecule has 0 bridgehead atoms. The smallest absolute Gasteiger partial charge is 0.251 e. The second-order valence-electron chi connectivity index (χ2n) is 4.97. The fourth-order valence-electron chi connectivity index (χ4n) is 2.09. The lowest BCUT2D eigenvalue weighted by Crippen LogP contribution is -2.35. The van der Waals surface area contributed by atoms with E-state index in [1.54, 1.807) is 25.6 Å². The van der Waals surface area contributed by atoms with Crippen molar-refractivity contribution in [3.8, 4) is 0 Å². The molecule has 1 unspecified atom stereocenters. The second-order valence-corrected chi connectivity index (χ2v) is 4.97. The van der Waals surface area contributed by atoms with Crippen LogP contribution in [0, 0.1) is 0 Å². The van der Waals surface area contributed by atoms with E-state index in [0.29, 0.717) is 17.9 Å². The second kappa shape index (κ2) is 6.88. The van der Waals surface area contributed by atoms with Crippen LogP contribution in [0.3, 0.4) is 0 Å². The van der Waals surface area contributed by atoms with Gasteiger partial charge in [-0.2, -0.15) is 0 Å². The summed E-state index contributed by atoms with van der Waals surface area (Å²) >= 11 is 0. The quantitative estimate of drug-likeness (QED) is 0.848. The van der Waals surface area contributed by atoms with Gasteiger partial charge in [0.05, 0.1) is 6.33 Å². The van der Waals surface area contributed by atoms with Crippen molar-refractivity contribution >= 4 is 11.7 Å². The fraction of sp³-hybridized carbons (Fsp3) is 0.400. The van der Waals surface area contributed by atoms with Crippen molar-refractivity contribution in [2.45, 2.75) is 32.9 Å². The Morgan fingerprint density at radius 3 is 2.86 bits per heavy atom. The Hall–Kier alpha value is -2.37. The highest BCUT2D eigenvalue weighted by Crippen LogP contribution is 2.11. The highest BCUT2D eigenvalue weighted by atomic mass is 16.1. The minimum absolute atomic E-state index is 0.0166. The topological polar surface area (TPSA) is 71.8 Å². The van der Waals surface area contributed by atoms with Crippen LogP contribution in [0.2, 0.25) is 0 Å². The van der Waals surface area contributed by atoms with E-state index in [0.717, 1.165) is 12.1 Å². The number of carbonyl (C=O) groups is 1. The molecule has 0 radical (unpaired) electrons. The van der Waals surface area contributed by atoms with Crippen molar-refractivity contribution in [1.82, 2.24) is 19.9 Å². The van der Waals surface area contributed by atoms with Gasteiger partial charge in [-0.15, -0.1) is 0 Å². The average Bonchev–Trinajstić information content (AvgIpc) is 2.99. The number of nitrogens with one attached hydrogen (secondary N) is 2. The van der Waals surface area contributed by atoms with Crippen LogP contribution in [0.15, 0.2) is 30.9 Å². The summed E-state index contributed by atoms with van der Waals surface area (Å²) < 4.78 is 1.94. The fourth-order valence-corrected chi connectivity index (χ4v) is 2.09. The maximum Gasteiger partial charge on any atom is 0.251 e. The number of amides is 1. The molecule has 21 heavy (non-hydrogen) atoms. The molecule has 0 aliphatic heterocycles. The van der Waals surface area contributed by atoms with Crippen LogP contribution in [-0.2, 0) is 13.0 Å². The molecule has 1 amide bonds. The maximum absolute atomic E-state index is 12.3. The molecule has 2 aromatic heterocycles. The Labute approximate surface area is 124 Å². The van der Waals surface area contributed by atoms with E-state index in [4.69, 9.17) is 0 Å². The van der Waals surface area contributed by atoms with E-state index >= 15 is 0 Å². The van der Waals surface area contributed by atoms with E-state index in [1.807, 2.05) is 30.7 Å². The minimum atomic E-state index is -0.0868. The van der Waals surface area contributed by atoms with Crippen LogP contribution in [0.25, 0.3) is 0 Å². The van der Waals surface area contributed by atoms with Crippen LogP contribution < -0.4 is 10.6 Å². The summed E-state index contributed by atoms with van der Waals surface area (Å²) in [6, 6.07) is 3.61. The number of hydrogen-bond donors (Lipinski definition) is 2. The molecule has 0 aliphatic carbocycles. The molecule has 2 N–H and O–H groups in total. The predicted octanol–water partition coefficient (Wildman–Crippen LogP) is 1.70. The lowest BCUT2D eigenvalue weighted by molar-refractivity contribution is 0.0936. The Balaban J connectivity index is 2.05. The summed E-state index contributed by atoms with van der Waals surface area (Å²) in [5.41, 5.74) is 1.53.